The van der Waals surface area contributed by atoms with Crippen LogP contribution in [-0.4, -0.2) is 5.11 Å². The molecule has 1 aromatic rings. The van der Waals surface area contributed by atoms with Crippen molar-refractivity contribution in [2.45, 2.75) is 46.1 Å². The van der Waals surface area contributed by atoms with Crippen LogP contribution in [0.1, 0.15) is 50.5 Å². The zero-order chi connectivity index (χ0) is 11.7. The highest BCUT2D eigenvalue weighted by Crippen LogP contribution is 2.40. The van der Waals surface area contributed by atoms with Crippen LogP contribution in [0.25, 0.3) is 0 Å². The maximum absolute atomic E-state index is 10.3. The Balaban J connectivity index is 2.06. The quantitative estimate of drug-likeness (QED) is 0.827. The number of hydrogen-bond acceptors (Lipinski definition) is 2. The Bertz CT molecular complexity index is 342. The van der Waals surface area contributed by atoms with Gasteiger partial charge in [0.05, 0.1) is 6.26 Å². The Kier molecular flexibility index (Phi) is 3.38. The Morgan fingerprint density at radius 2 is 2.06 bits per heavy atom. The van der Waals surface area contributed by atoms with Crippen LogP contribution in [0.15, 0.2) is 16.7 Å². The first kappa shape index (κ1) is 11.7. The van der Waals surface area contributed by atoms with E-state index < -0.39 is 6.10 Å². The van der Waals surface area contributed by atoms with Gasteiger partial charge in [-0.3, -0.25) is 0 Å². The van der Waals surface area contributed by atoms with Crippen LogP contribution in [0.5, 0.6) is 0 Å². The largest absolute Gasteiger partial charge is 0.466 e. The van der Waals surface area contributed by atoms with Gasteiger partial charge in [-0.2, -0.15) is 0 Å². The van der Waals surface area contributed by atoms with E-state index in [4.69, 9.17) is 4.42 Å². The van der Waals surface area contributed by atoms with Crippen molar-refractivity contribution in [3.05, 3.63) is 23.7 Å². The summed E-state index contributed by atoms with van der Waals surface area (Å²) < 4.78 is 5.39. The highest BCUT2D eigenvalue weighted by atomic mass is 16.4. The molecule has 1 fully saturated rings. The van der Waals surface area contributed by atoms with E-state index in [0.717, 1.165) is 30.1 Å². The third-order valence-electron chi connectivity index (χ3n) is 4.26. The van der Waals surface area contributed by atoms with Crippen molar-refractivity contribution < 1.29 is 9.52 Å². The second kappa shape index (κ2) is 4.62. The van der Waals surface area contributed by atoms with E-state index in [2.05, 4.69) is 13.8 Å². The predicted molar refractivity (Wildman–Crippen MR) is 64.1 cm³/mol. The van der Waals surface area contributed by atoms with Gasteiger partial charge in [-0.25, -0.2) is 0 Å². The zero-order valence-corrected chi connectivity index (χ0v) is 10.4. The summed E-state index contributed by atoms with van der Waals surface area (Å²) >= 11 is 0. The number of aliphatic hydroxyl groups is 1. The minimum absolute atomic E-state index is 0.371. The summed E-state index contributed by atoms with van der Waals surface area (Å²) in [6.45, 7) is 6.60. The monoisotopic (exact) mass is 222 g/mol. The van der Waals surface area contributed by atoms with Crippen LogP contribution >= 0.6 is 0 Å². The highest BCUT2D eigenvalue weighted by Gasteiger charge is 2.31. The van der Waals surface area contributed by atoms with E-state index in [1.807, 2.05) is 13.0 Å². The fraction of sp³-hybridized carbons (Fsp3) is 0.714. The molecule has 4 unspecified atom stereocenters. The summed E-state index contributed by atoms with van der Waals surface area (Å²) in [5.74, 6) is 2.65. The molecule has 0 aliphatic heterocycles. The maximum atomic E-state index is 10.3. The summed E-state index contributed by atoms with van der Waals surface area (Å²) in [6.07, 6.45) is 4.71. The van der Waals surface area contributed by atoms with Gasteiger partial charge < -0.3 is 9.52 Å². The Morgan fingerprint density at radius 1 is 1.31 bits per heavy atom. The molecule has 1 saturated carbocycles. The minimum Gasteiger partial charge on any atom is -0.466 e. The van der Waals surface area contributed by atoms with Gasteiger partial charge >= 0.3 is 0 Å². The minimum atomic E-state index is -0.412. The van der Waals surface area contributed by atoms with E-state index in [9.17, 15) is 5.11 Å². The Labute approximate surface area is 97.7 Å². The van der Waals surface area contributed by atoms with Crippen molar-refractivity contribution >= 4 is 0 Å². The first-order valence-electron chi connectivity index (χ1n) is 6.31. The van der Waals surface area contributed by atoms with Gasteiger partial charge in [0.15, 0.2) is 0 Å². The van der Waals surface area contributed by atoms with Gasteiger partial charge in [0, 0.05) is 0 Å². The molecule has 2 rings (SSSR count). The molecule has 1 heterocycles. The molecular weight excluding hydrogens is 200 g/mol. The van der Waals surface area contributed by atoms with Gasteiger partial charge in [0.2, 0.25) is 0 Å². The molecule has 0 spiro atoms. The van der Waals surface area contributed by atoms with Gasteiger partial charge in [0.25, 0.3) is 0 Å². The molecular formula is C14H22O2. The number of aliphatic hydroxyl groups excluding tert-OH is 1. The number of hydrogen-bond donors (Lipinski definition) is 1. The second-order valence-electron chi connectivity index (χ2n) is 5.44. The summed E-state index contributed by atoms with van der Waals surface area (Å²) in [4.78, 5) is 0. The summed E-state index contributed by atoms with van der Waals surface area (Å²) in [5.41, 5.74) is 1.07. The van der Waals surface area contributed by atoms with Crippen molar-refractivity contribution in [3.63, 3.8) is 0 Å². The SMILES string of the molecule is Cc1ccoc1C(O)C1CCC(C)C(C)C1. The predicted octanol–water partition coefficient (Wildman–Crippen LogP) is 3.69. The lowest BCUT2D eigenvalue weighted by atomic mass is 9.73. The molecule has 2 nitrogen and oxygen atoms in total. The average Bonchev–Trinajstić information content (AvgIpc) is 2.67. The van der Waals surface area contributed by atoms with Gasteiger partial charge in [-0.1, -0.05) is 20.3 Å². The summed E-state index contributed by atoms with van der Waals surface area (Å²) in [7, 11) is 0. The first-order valence-corrected chi connectivity index (χ1v) is 6.31. The van der Waals surface area contributed by atoms with E-state index in [0.29, 0.717) is 11.8 Å². The molecule has 1 N–H and O–H groups in total. The van der Waals surface area contributed by atoms with E-state index in [-0.39, 0.29) is 0 Å². The van der Waals surface area contributed by atoms with Crippen LogP contribution in [0.2, 0.25) is 0 Å². The standard InChI is InChI=1S/C14H22O2/c1-9-4-5-12(8-11(9)3)13(15)14-10(2)6-7-16-14/h6-7,9,11-13,15H,4-5,8H2,1-3H3. The van der Waals surface area contributed by atoms with Crippen molar-refractivity contribution in [1.82, 2.24) is 0 Å². The van der Waals surface area contributed by atoms with Crippen LogP contribution in [-0.2, 0) is 0 Å². The third-order valence-corrected chi connectivity index (χ3v) is 4.26. The molecule has 0 saturated heterocycles. The lowest BCUT2D eigenvalue weighted by Crippen LogP contribution is -2.25. The zero-order valence-electron chi connectivity index (χ0n) is 10.4. The molecule has 4 atom stereocenters. The molecule has 0 amide bonds. The Hall–Kier alpha value is -0.760. The molecule has 0 radical (unpaired) electrons. The maximum Gasteiger partial charge on any atom is 0.135 e. The lowest BCUT2D eigenvalue weighted by molar-refractivity contribution is 0.0402. The third kappa shape index (κ3) is 2.17. The molecule has 1 aromatic heterocycles. The second-order valence-corrected chi connectivity index (χ2v) is 5.44. The molecule has 1 aliphatic rings. The summed E-state index contributed by atoms with van der Waals surface area (Å²) in [6, 6.07) is 1.92. The van der Waals surface area contributed by atoms with Gasteiger partial charge in [-0.05, 0) is 49.1 Å². The fourth-order valence-corrected chi connectivity index (χ4v) is 2.78. The van der Waals surface area contributed by atoms with Crippen LogP contribution in [0, 0.1) is 24.7 Å². The fourth-order valence-electron chi connectivity index (χ4n) is 2.78. The molecule has 0 aromatic carbocycles. The van der Waals surface area contributed by atoms with Crippen molar-refractivity contribution in [1.29, 1.82) is 0 Å². The first-order chi connectivity index (χ1) is 7.59. The van der Waals surface area contributed by atoms with Gasteiger partial charge in [0.1, 0.15) is 11.9 Å². The molecule has 1 aliphatic carbocycles. The van der Waals surface area contributed by atoms with Crippen LogP contribution in [0.3, 0.4) is 0 Å². The number of furan rings is 1. The van der Waals surface area contributed by atoms with Gasteiger partial charge in [-0.15, -0.1) is 0 Å². The average molecular weight is 222 g/mol. The van der Waals surface area contributed by atoms with Crippen molar-refractivity contribution in [2.75, 3.05) is 0 Å². The van der Waals surface area contributed by atoms with Crippen LogP contribution < -0.4 is 0 Å². The number of aryl methyl sites for hydroxylation is 1. The number of rotatable bonds is 2. The lowest BCUT2D eigenvalue weighted by Gasteiger charge is -2.34. The molecule has 2 heteroatoms. The highest BCUT2D eigenvalue weighted by molar-refractivity contribution is 5.17. The van der Waals surface area contributed by atoms with Crippen molar-refractivity contribution in [2.24, 2.45) is 17.8 Å². The smallest absolute Gasteiger partial charge is 0.135 e. The topological polar surface area (TPSA) is 33.4 Å². The van der Waals surface area contributed by atoms with Crippen molar-refractivity contribution in [3.8, 4) is 0 Å². The Morgan fingerprint density at radius 3 is 2.62 bits per heavy atom. The molecule has 90 valence electrons. The normalized spacial score (nSPS) is 32.6. The van der Waals surface area contributed by atoms with E-state index in [1.165, 1.54) is 6.42 Å². The van der Waals surface area contributed by atoms with Crippen LogP contribution in [0.4, 0.5) is 0 Å². The van der Waals surface area contributed by atoms with E-state index >= 15 is 0 Å². The molecule has 0 bridgehead atoms. The molecule has 16 heavy (non-hydrogen) atoms. The van der Waals surface area contributed by atoms with E-state index in [1.54, 1.807) is 6.26 Å². The summed E-state index contributed by atoms with van der Waals surface area (Å²) in [5, 5.41) is 10.3.